The molecule has 0 aliphatic carbocycles. The van der Waals surface area contributed by atoms with Crippen molar-refractivity contribution in [3.05, 3.63) is 96.1 Å². The first-order chi connectivity index (χ1) is 17.6. The molecule has 0 amide bonds. The minimum atomic E-state index is -0.474. The van der Waals surface area contributed by atoms with E-state index in [1.807, 2.05) is 67.7 Å². The molecule has 0 saturated heterocycles. The van der Waals surface area contributed by atoms with E-state index in [-0.39, 0.29) is 0 Å². The number of hydrogen-bond acceptors (Lipinski definition) is 5. The summed E-state index contributed by atoms with van der Waals surface area (Å²) >= 11 is 0. The summed E-state index contributed by atoms with van der Waals surface area (Å²) in [6, 6.07) is 27.9. The molecule has 0 aliphatic rings. The van der Waals surface area contributed by atoms with Gasteiger partial charge in [0, 0.05) is 31.8 Å². The highest BCUT2D eigenvalue weighted by Crippen LogP contribution is 2.35. The van der Waals surface area contributed by atoms with Crippen LogP contribution in [0.3, 0.4) is 0 Å². The van der Waals surface area contributed by atoms with Gasteiger partial charge in [-0.15, -0.1) is 0 Å². The second-order valence-electron chi connectivity index (χ2n) is 8.98. The zero-order valence-electron chi connectivity index (χ0n) is 21.3. The van der Waals surface area contributed by atoms with Gasteiger partial charge >= 0.3 is 0 Å². The maximum Gasteiger partial charge on any atom is 0.222 e. The van der Waals surface area contributed by atoms with Gasteiger partial charge in [0.2, 0.25) is 5.88 Å². The highest BCUT2D eigenvalue weighted by molar-refractivity contribution is 5.65. The lowest BCUT2D eigenvalue weighted by Gasteiger charge is -2.25. The molecule has 6 heteroatoms. The molecule has 1 N–H and O–H groups in total. The molecule has 0 aliphatic heterocycles. The minimum absolute atomic E-state index is 0.474. The third kappa shape index (κ3) is 6.53. The lowest BCUT2D eigenvalue weighted by atomic mass is 10.1. The highest BCUT2D eigenvalue weighted by Gasteiger charge is 2.23. The highest BCUT2D eigenvalue weighted by atomic mass is 16.5. The number of benzene rings is 3. The summed E-state index contributed by atoms with van der Waals surface area (Å²) in [4.78, 5) is 2.29. The van der Waals surface area contributed by atoms with Gasteiger partial charge < -0.3 is 14.6 Å². The Labute approximate surface area is 213 Å². The van der Waals surface area contributed by atoms with E-state index in [1.165, 1.54) is 0 Å². The summed E-state index contributed by atoms with van der Waals surface area (Å²) < 4.78 is 13.6. The zero-order valence-corrected chi connectivity index (χ0v) is 21.3. The maximum atomic E-state index is 10.9. The van der Waals surface area contributed by atoms with Gasteiger partial charge in [-0.05, 0) is 37.1 Å². The molecule has 1 aromatic heterocycles. The first-order valence-corrected chi connectivity index (χ1v) is 12.4. The van der Waals surface area contributed by atoms with Gasteiger partial charge in [-0.3, -0.25) is 4.90 Å². The van der Waals surface area contributed by atoms with E-state index in [1.54, 1.807) is 11.8 Å². The van der Waals surface area contributed by atoms with Crippen LogP contribution in [0.4, 0.5) is 0 Å². The summed E-state index contributed by atoms with van der Waals surface area (Å²) in [7, 11) is 3.55. The number of aromatic nitrogens is 2. The summed E-state index contributed by atoms with van der Waals surface area (Å²) in [5.41, 5.74) is 4.04. The molecule has 0 radical (unpaired) electrons. The van der Waals surface area contributed by atoms with E-state index in [2.05, 4.69) is 36.1 Å². The third-order valence-electron chi connectivity index (χ3n) is 6.10. The summed E-state index contributed by atoms with van der Waals surface area (Å²) in [6.07, 6.45) is 1.12. The molecule has 3 aromatic carbocycles. The molecule has 1 atom stereocenters. The van der Waals surface area contributed by atoms with E-state index in [4.69, 9.17) is 14.6 Å². The number of rotatable bonds is 12. The molecule has 4 rings (SSSR count). The van der Waals surface area contributed by atoms with Crippen LogP contribution in [-0.4, -0.2) is 46.1 Å². The Kier molecular flexibility index (Phi) is 8.76. The second kappa shape index (κ2) is 12.4. The zero-order chi connectivity index (χ0) is 25.3. The summed E-state index contributed by atoms with van der Waals surface area (Å²) in [5, 5.41) is 15.8. The molecule has 188 valence electrons. The van der Waals surface area contributed by atoms with Crippen molar-refractivity contribution >= 4 is 0 Å². The fraction of sp³-hybridized carbons (Fsp3) is 0.300. The van der Waals surface area contributed by atoms with Gasteiger partial charge in [0.15, 0.2) is 0 Å². The Balaban J connectivity index is 1.64. The molecule has 0 spiro atoms. The molecule has 4 aromatic rings. The van der Waals surface area contributed by atoms with Crippen LogP contribution in [0, 0.1) is 0 Å². The summed E-state index contributed by atoms with van der Waals surface area (Å²) in [5.74, 6) is 2.10. The van der Waals surface area contributed by atoms with Crippen LogP contribution < -0.4 is 9.47 Å². The van der Waals surface area contributed by atoms with Crippen molar-refractivity contribution in [3.8, 4) is 28.6 Å². The number of nitrogens with zero attached hydrogens (tertiary/aromatic N) is 3. The maximum absolute atomic E-state index is 10.9. The van der Waals surface area contributed by atoms with Gasteiger partial charge in [-0.25, -0.2) is 4.68 Å². The van der Waals surface area contributed by atoms with E-state index in [0.29, 0.717) is 31.1 Å². The van der Waals surface area contributed by atoms with Crippen molar-refractivity contribution in [2.45, 2.75) is 32.4 Å². The number of hydrogen-bond donors (Lipinski definition) is 1. The van der Waals surface area contributed by atoms with Crippen LogP contribution in [0.1, 0.15) is 24.5 Å². The first kappa shape index (κ1) is 25.5. The Morgan fingerprint density at radius 3 is 2.33 bits per heavy atom. The SMILES string of the molecule is CCCN(Cc1c(-c2ccccc2)nn(C)c1Oc1cccc(OC)c1)C[C@H](O)Cc1ccccc1. The van der Waals surface area contributed by atoms with Gasteiger partial charge in [-0.2, -0.15) is 5.10 Å². The smallest absolute Gasteiger partial charge is 0.222 e. The Morgan fingerprint density at radius 1 is 0.944 bits per heavy atom. The molecule has 0 saturated carbocycles. The number of methoxy groups -OCH3 is 1. The lowest BCUT2D eigenvalue weighted by molar-refractivity contribution is 0.108. The standard InChI is InChI=1S/C30H35N3O3/c1-4-18-33(21-25(34)19-23-12-7-5-8-13-23)22-28-29(24-14-9-6-10-15-24)31-32(2)30(28)36-27-17-11-16-26(20-27)35-3/h5-17,20,25,34H,4,18-19,21-22H2,1-3H3/t25-/m1/s1. The molecular formula is C30H35N3O3. The van der Waals surface area contributed by atoms with Crippen LogP contribution in [0.25, 0.3) is 11.3 Å². The van der Waals surface area contributed by atoms with Crippen molar-refractivity contribution in [1.82, 2.24) is 14.7 Å². The topological polar surface area (TPSA) is 59.8 Å². The average Bonchev–Trinajstić information content (AvgIpc) is 3.20. The minimum Gasteiger partial charge on any atom is -0.497 e. The van der Waals surface area contributed by atoms with Crippen molar-refractivity contribution < 1.29 is 14.6 Å². The van der Waals surface area contributed by atoms with E-state index in [9.17, 15) is 5.11 Å². The Hall–Kier alpha value is -3.61. The predicted molar refractivity (Wildman–Crippen MR) is 143 cm³/mol. The first-order valence-electron chi connectivity index (χ1n) is 12.4. The fourth-order valence-electron chi connectivity index (χ4n) is 4.45. The van der Waals surface area contributed by atoms with Crippen LogP contribution in [-0.2, 0) is 20.0 Å². The van der Waals surface area contributed by atoms with Crippen molar-refractivity contribution in [2.24, 2.45) is 7.05 Å². The van der Waals surface area contributed by atoms with Crippen molar-refractivity contribution in [2.75, 3.05) is 20.2 Å². The van der Waals surface area contributed by atoms with Gasteiger partial charge in [0.25, 0.3) is 0 Å². The van der Waals surface area contributed by atoms with Gasteiger partial charge in [-0.1, -0.05) is 73.7 Å². The quantitative estimate of drug-likeness (QED) is 0.279. The van der Waals surface area contributed by atoms with Gasteiger partial charge in [0.1, 0.15) is 17.2 Å². The Morgan fingerprint density at radius 2 is 1.64 bits per heavy atom. The van der Waals surface area contributed by atoms with Crippen LogP contribution in [0.15, 0.2) is 84.9 Å². The molecule has 1 heterocycles. The second-order valence-corrected chi connectivity index (χ2v) is 8.98. The molecule has 6 nitrogen and oxygen atoms in total. The molecule has 0 unspecified atom stereocenters. The van der Waals surface area contributed by atoms with Crippen LogP contribution in [0.5, 0.6) is 17.4 Å². The normalized spacial score (nSPS) is 12.0. The fourth-order valence-corrected chi connectivity index (χ4v) is 4.45. The number of aliphatic hydroxyl groups excluding tert-OH is 1. The summed E-state index contributed by atoms with van der Waals surface area (Å²) in [6.45, 7) is 4.18. The Bertz CT molecular complexity index is 1220. The molecule has 0 bridgehead atoms. The van der Waals surface area contributed by atoms with Crippen molar-refractivity contribution in [3.63, 3.8) is 0 Å². The van der Waals surface area contributed by atoms with E-state index < -0.39 is 6.10 Å². The monoisotopic (exact) mass is 485 g/mol. The largest absolute Gasteiger partial charge is 0.497 e. The molecule has 0 fully saturated rings. The lowest BCUT2D eigenvalue weighted by Crippen LogP contribution is -2.34. The van der Waals surface area contributed by atoms with E-state index >= 15 is 0 Å². The average molecular weight is 486 g/mol. The van der Waals surface area contributed by atoms with Gasteiger partial charge in [0.05, 0.1) is 18.8 Å². The number of aryl methyl sites for hydroxylation is 1. The van der Waals surface area contributed by atoms with Crippen LogP contribution in [0.2, 0.25) is 0 Å². The molecule has 36 heavy (non-hydrogen) atoms. The van der Waals surface area contributed by atoms with E-state index in [0.717, 1.165) is 41.1 Å². The van der Waals surface area contributed by atoms with Crippen molar-refractivity contribution in [1.29, 1.82) is 0 Å². The number of ether oxygens (including phenoxy) is 2. The number of aliphatic hydroxyl groups is 1. The van der Waals surface area contributed by atoms with Crippen LogP contribution >= 0.6 is 0 Å². The third-order valence-corrected chi connectivity index (χ3v) is 6.10. The predicted octanol–water partition coefficient (Wildman–Crippen LogP) is 5.70. The molecular weight excluding hydrogens is 450 g/mol.